The van der Waals surface area contributed by atoms with E-state index in [4.69, 9.17) is 9.26 Å². The van der Waals surface area contributed by atoms with E-state index in [-0.39, 0.29) is 22.4 Å². The molecule has 0 aliphatic carbocycles. The van der Waals surface area contributed by atoms with Gasteiger partial charge in [-0.25, -0.2) is 8.42 Å². The summed E-state index contributed by atoms with van der Waals surface area (Å²) >= 11 is 0. The Hall–Kier alpha value is -2.39. The van der Waals surface area contributed by atoms with Gasteiger partial charge < -0.3 is 9.26 Å². The summed E-state index contributed by atoms with van der Waals surface area (Å²) in [6, 6.07) is 4.85. The van der Waals surface area contributed by atoms with E-state index < -0.39 is 10.0 Å². The normalized spacial score (nSPS) is 15.2. The third-order valence-corrected chi connectivity index (χ3v) is 6.21. The molecule has 1 saturated heterocycles. The summed E-state index contributed by atoms with van der Waals surface area (Å²) < 4.78 is 37.9. The first-order valence-electron chi connectivity index (χ1n) is 8.27. The molecule has 0 unspecified atom stereocenters. The summed E-state index contributed by atoms with van der Waals surface area (Å²) in [6.45, 7) is 4.08. The van der Waals surface area contributed by atoms with E-state index in [2.05, 4.69) is 10.5 Å². The van der Waals surface area contributed by atoms with Crippen LogP contribution in [0.1, 0.15) is 25.5 Å². The Kier molecular flexibility index (Phi) is 5.01. The predicted molar refractivity (Wildman–Crippen MR) is 95.5 cm³/mol. The van der Waals surface area contributed by atoms with Gasteiger partial charge in [0, 0.05) is 20.0 Å². The van der Waals surface area contributed by atoms with Crippen LogP contribution in [0.2, 0.25) is 0 Å². The van der Waals surface area contributed by atoms with Crippen LogP contribution in [0.3, 0.4) is 0 Å². The van der Waals surface area contributed by atoms with Gasteiger partial charge >= 0.3 is 0 Å². The lowest BCUT2D eigenvalue weighted by molar-refractivity contribution is -0.114. The molecular formula is C17H21N3O5S. The Morgan fingerprint density at radius 3 is 2.62 bits per heavy atom. The molecule has 8 nitrogen and oxygen atoms in total. The molecule has 9 heteroatoms. The summed E-state index contributed by atoms with van der Waals surface area (Å²) in [6.07, 6.45) is 1.69. The predicted octanol–water partition coefficient (Wildman–Crippen LogP) is 2.40. The molecule has 1 aromatic carbocycles. The van der Waals surface area contributed by atoms with Gasteiger partial charge in [0.05, 0.1) is 18.4 Å². The van der Waals surface area contributed by atoms with Gasteiger partial charge in [-0.1, -0.05) is 11.2 Å². The molecule has 0 radical (unpaired) electrons. The third-order valence-electron chi connectivity index (χ3n) is 4.29. The zero-order valence-corrected chi connectivity index (χ0v) is 15.7. The molecule has 2 aromatic rings. The van der Waals surface area contributed by atoms with E-state index in [1.807, 2.05) is 0 Å². The number of rotatable bonds is 5. The highest BCUT2D eigenvalue weighted by Crippen LogP contribution is 2.37. The van der Waals surface area contributed by atoms with Gasteiger partial charge in [-0.2, -0.15) is 4.31 Å². The fraction of sp³-hybridized carbons (Fsp3) is 0.412. The van der Waals surface area contributed by atoms with Gasteiger partial charge in [0.1, 0.15) is 10.6 Å². The van der Waals surface area contributed by atoms with Crippen molar-refractivity contribution in [1.29, 1.82) is 0 Å². The Morgan fingerprint density at radius 2 is 2.00 bits per heavy atom. The second kappa shape index (κ2) is 7.08. The maximum absolute atomic E-state index is 13.0. The van der Waals surface area contributed by atoms with Crippen LogP contribution in [0.5, 0.6) is 5.75 Å². The average Bonchev–Trinajstić information content (AvgIpc) is 3.25. The second-order valence-corrected chi connectivity index (χ2v) is 8.04. The van der Waals surface area contributed by atoms with Gasteiger partial charge in [-0.15, -0.1) is 0 Å². The van der Waals surface area contributed by atoms with Gasteiger partial charge in [0.15, 0.2) is 0 Å². The molecule has 1 amide bonds. The smallest absolute Gasteiger partial charge is 0.246 e. The fourth-order valence-electron chi connectivity index (χ4n) is 3.06. The van der Waals surface area contributed by atoms with Gasteiger partial charge in [-0.3, -0.25) is 10.1 Å². The molecule has 3 rings (SSSR count). The van der Waals surface area contributed by atoms with Crippen LogP contribution in [0.4, 0.5) is 5.88 Å². The summed E-state index contributed by atoms with van der Waals surface area (Å²) in [4.78, 5) is 11.5. The van der Waals surface area contributed by atoms with E-state index in [1.165, 1.54) is 24.4 Å². The number of anilines is 1. The maximum atomic E-state index is 13.0. The van der Waals surface area contributed by atoms with Crippen molar-refractivity contribution in [2.24, 2.45) is 0 Å². The lowest BCUT2D eigenvalue weighted by Crippen LogP contribution is -2.28. The van der Waals surface area contributed by atoms with E-state index in [0.717, 1.165) is 12.8 Å². The second-order valence-electron chi connectivity index (χ2n) is 6.13. The highest BCUT2D eigenvalue weighted by Gasteiger charge is 2.31. The first kappa shape index (κ1) is 18.4. The first-order valence-corrected chi connectivity index (χ1v) is 9.71. The third kappa shape index (κ3) is 3.32. The Morgan fingerprint density at radius 1 is 1.31 bits per heavy atom. The number of methoxy groups -OCH3 is 1. The summed E-state index contributed by atoms with van der Waals surface area (Å²) in [5.41, 5.74) is 1.66. The van der Waals surface area contributed by atoms with E-state index >= 15 is 0 Å². The summed E-state index contributed by atoms with van der Waals surface area (Å²) in [5.74, 6) is 0.154. The number of benzene rings is 1. The number of aromatic nitrogens is 1. The average molecular weight is 379 g/mol. The van der Waals surface area contributed by atoms with Crippen LogP contribution in [0, 0.1) is 6.92 Å². The van der Waals surface area contributed by atoms with E-state index in [0.29, 0.717) is 29.9 Å². The minimum absolute atomic E-state index is 0.0915. The van der Waals surface area contributed by atoms with Crippen molar-refractivity contribution in [2.45, 2.75) is 31.6 Å². The van der Waals surface area contributed by atoms with Crippen molar-refractivity contribution in [3.63, 3.8) is 0 Å². The molecule has 1 N–H and O–H groups in total. The number of hydrogen-bond acceptors (Lipinski definition) is 6. The van der Waals surface area contributed by atoms with E-state index in [1.54, 1.807) is 19.1 Å². The summed E-state index contributed by atoms with van der Waals surface area (Å²) in [7, 11) is -2.24. The van der Waals surface area contributed by atoms with Crippen molar-refractivity contribution in [1.82, 2.24) is 9.46 Å². The van der Waals surface area contributed by atoms with Crippen LogP contribution in [-0.4, -0.2) is 44.0 Å². The first-order chi connectivity index (χ1) is 12.3. The van der Waals surface area contributed by atoms with E-state index in [9.17, 15) is 13.2 Å². The number of hydrogen-bond donors (Lipinski definition) is 1. The van der Waals surface area contributed by atoms with Gasteiger partial charge in [-0.05, 0) is 37.5 Å². The highest BCUT2D eigenvalue weighted by molar-refractivity contribution is 7.89. The monoisotopic (exact) mass is 379 g/mol. The van der Waals surface area contributed by atoms with Crippen molar-refractivity contribution in [2.75, 3.05) is 25.5 Å². The summed E-state index contributed by atoms with van der Waals surface area (Å²) in [5, 5.41) is 6.45. The molecule has 0 bridgehead atoms. The lowest BCUT2D eigenvalue weighted by Gasteiger charge is -2.18. The minimum Gasteiger partial charge on any atom is -0.495 e. The molecule has 1 fully saturated rings. The number of carbonyl (C=O) groups is 1. The lowest BCUT2D eigenvalue weighted by atomic mass is 10.1. The molecule has 1 aliphatic rings. The molecule has 1 aromatic heterocycles. The fourth-order valence-corrected chi connectivity index (χ4v) is 4.75. The van der Waals surface area contributed by atoms with Crippen LogP contribution >= 0.6 is 0 Å². The molecule has 1 aliphatic heterocycles. The number of amides is 1. The van der Waals surface area contributed by atoms with Crippen LogP contribution in [-0.2, 0) is 14.8 Å². The number of carbonyl (C=O) groups excluding carboxylic acids is 1. The Bertz CT molecular complexity index is 930. The van der Waals surface area contributed by atoms with Gasteiger partial charge in [0.25, 0.3) is 0 Å². The number of sulfonamides is 1. The van der Waals surface area contributed by atoms with Gasteiger partial charge in [0.2, 0.25) is 21.8 Å². The number of aryl methyl sites for hydroxylation is 1. The van der Waals surface area contributed by atoms with Crippen LogP contribution in [0.15, 0.2) is 27.6 Å². The van der Waals surface area contributed by atoms with Crippen LogP contribution in [0.25, 0.3) is 11.1 Å². The molecule has 140 valence electrons. The number of nitrogens with one attached hydrogen (secondary N) is 1. The molecule has 26 heavy (non-hydrogen) atoms. The van der Waals surface area contributed by atoms with Crippen molar-refractivity contribution < 1.29 is 22.5 Å². The SMILES string of the molecule is COc1ccc(-c2c(C)noc2NC(C)=O)cc1S(=O)(=O)N1CCCC1. The quantitative estimate of drug-likeness (QED) is 0.856. The largest absolute Gasteiger partial charge is 0.495 e. The molecular weight excluding hydrogens is 358 g/mol. The number of ether oxygens (including phenoxy) is 1. The molecule has 0 atom stereocenters. The maximum Gasteiger partial charge on any atom is 0.246 e. The van der Waals surface area contributed by atoms with Crippen molar-refractivity contribution >= 4 is 21.8 Å². The standard InChI is InChI=1S/C17H21N3O5S/c1-11-16(17(25-19-11)18-12(2)21)13-6-7-14(24-3)15(10-13)26(22,23)20-8-4-5-9-20/h6-7,10H,4-5,8-9H2,1-3H3,(H,18,21). The molecule has 2 heterocycles. The zero-order valence-electron chi connectivity index (χ0n) is 14.9. The molecule has 0 saturated carbocycles. The van der Waals surface area contributed by atoms with Crippen LogP contribution < -0.4 is 10.1 Å². The van der Waals surface area contributed by atoms with Crippen molar-refractivity contribution in [3.8, 4) is 16.9 Å². The topological polar surface area (TPSA) is 102 Å². The Labute approximate surface area is 152 Å². The number of nitrogens with zero attached hydrogens (tertiary/aromatic N) is 2. The minimum atomic E-state index is -3.67. The molecule has 0 spiro atoms. The van der Waals surface area contributed by atoms with Crippen molar-refractivity contribution in [3.05, 3.63) is 23.9 Å². The Balaban J connectivity index is 2.12. The zero-order chi connectivity index (χ0) is 18.9. The highest BCUT2D eigenvalue weighted by atomic mass is 32.2.